The molecule has 3 aliphatic carbocycles. The lowest BCUT2D eigenvalue weighted by molar-refractivity contribution is 0.102. The number of hydrogen-bond acceptors (Lipinski definition) is 1. The van der Waals surface area contributed by atoms with Gasteiger partial charge in [-0.15, -0.1) is 0 Å². The Labute approximate surface area is 187 Å². The first-order valence-corrected chi connectivity index (χ1v) is 11.9. The largest absolute Gasteiger partial charge is 0.427 e. The molecule has 3 aromatic rings. The summed E-state index contributed by atoms with van der Waals surface area (Å²) < 4.78 is 6.23. The number of fused-ring (bicyclic) bond motifs is 3. The van der Waals surface area contributed by atoms with Gasteiger partial charge in [-0.2, -0.15) is 0 Å². The van der Waals surface area contributed by atoms with E-state index in [9.17, 15) is 0 Å². The van der Waals surface area contributed by atoms with Crippen LogP contribution in [-0.4, -0.2) is 17.1 Å². The molecule has 0 radical (unpaired) electrons. The van der Waals surface area contributed by atoms with Crippen LogP contribution >= 0.6 is 0 Å². The lowest BCUT2D eigenvalue weighted by atomic mass is 9.56. The van der Waals surface area contributed by atoms with Crippen LogP contribution in [0.1, 0.15) is 51.1 Å². The second-order valence-electron chi connectivity index (χ2n) is 8.94. The van der Waals surface area contributed by atoms with E-state index in [0.29, 0.717) is 17.8 Å². The molecule has 0 aromatic heterocycles. The zero-order valence-corrected chi connectivity index (χ0v) is 19.7. The SMILES string of the molecule is [SiH3]OCC(C1C=Cc2ccccc21)(C1C=Cc2ccccc21)C1C=Cc2ccccc21. The monoisotopic (exact) mass is 418 g/mol. The van der Waals surface area contributed by atoms with Crippen LogP contribution in [-0.2, 0) is 4.43 Å². The molecule has 3 unspecified atom stereocenters. The van der Waals surface area contributed by atoms with Crippen molar-refractivity contribution in [2.45, 2.75) is 17.8 Å². The molecule has 0 saturated carbocycles. The molecular weight excluding hydrogens is 392 g/mol. The Bertz CT molecular complexity index is 1090. The fourth-order valence-electron chi connectivity index (χ4n) is 6.25. The van der Waals surface area contributed by atoms with E-state index in [1.54, 1.807) is 0 Å². The molecule has 152 valence electrons. The highest BCUT2D eigenvalue weighted by Crippen LogP contribution is 2.62. The molecule has 3 aromatic carbocycles. The van der Waals surface area contributed by atoms with Gasteiger partial charge in [0.15, 0.2) is 0 Å². The summed E-state index contributed by atoms with van der Waals surface area (Å²) >= 11 is 0. The van der Waals surface area contributed by atoms with Gasteiger partial charge < -0.3 is 4.43 Å². The molecule has 1 nitrogen and oxygen atoms in total. The quantitative estimate of drug-likeness (QED) is 0.483. The molecule has 0 bridgehead atoms. The fraction of sp³-hybridized carbons (Fsp3) is 0.172. The Morgan fingerprint density at radius 2 is 0.935 bits per heavy atom. The van der Waals surface area contributed by atoms with Crippen molar-refractivity contribution in [3.05, 3.63) is 124 Å². The van der Waals surface area contributed by atoms with Crippen molar-refractivity contribution in [3.8, 4) is 0 Å². The summed E-state index contributed by atoms with van der Waals surface area (Å²) in [5.41, 5.74) is 8.18. The highest BCUT2D eigenvalue weighted by atomic mass is 28.2. The minimum Gasteiger partial charge on any atom is -0.427 e. The first-order chi connectivity index (χ1) is 15.3. The average Bonchev–Trinajstić information content (AvgIpc) is 3.54. The lowest BCUT2D eigenvalue weighted by Gasteiger charge is -2.48. The Hall–Kier alpha value is -2.94. The summed E-state index contributed by atoms with van der Waals surface area (Å²) in [5.74, 6) is 0.873. The summed E-state index contributed by atoms with van der Waals surface area (Å²) in [4.78, 5) is 0. The third-order valence-electron chi connectivity index (χ3n) is 7.53. The Balaban J connectivity index is 1.61. The van der Waals surface area contributed by atoms with E-state index >= 15 is 0 Å². The zero-order chi connectivity index (χ0) is 20.8. The van der Waals surface area contributed by atoms with E-state index in [1.165, 1.54) is 33.4 Å². The van der Waals surface area contributed by atoms with Gasteiger partial charge in [-0.05, 0) is 33.4 Å². The van der Waals surface area contributed by atoms with Crippen LogP contribution in [0.15, 0.2) is 91.0 Å². The van der Waals surface area contributed by atoms with Crippen LogP contribution in [0.2, 0.25) is 0 Å². The van der Waals surface area contributed by atoms with Gasteiger partial charge in [-0.25, -0.2) is 0 Å². The van der Waals surface area contributed by atoms with E-state index in [-0.39, 0.29) is 5.41 Å². The van der Waals surface area contributed by atoms with E-state index < -0.39 is 0 Å². The van der Waals surface area contributed by atoms with Gasteiger partial charge in [-0.1, -0.05) is 109 Å². The van der Waals surface area contributed by atoms with Crippen LogP contribution in [0, 0.1) is 5.41 Å². The third kappa shape index (κ3) is 2.72. The molecular formula is C29H26OSi. The maximum Gasteiger partial charge on any atom is 0.145 e. The molecule has 0 saturated heterocycles. The van der Waals surface area contributed by atoms with Gasteiger partial charge in [0.25, 0.3) is 0 Å². The molecule has 0 N–H and O–H groups in total. The van der Waals surface area contributed by atoms with E-state index in [1.807, 2.05) is 0 Å². The summed E-state index contributed by atoms with van der Waals surface area (Å²) in [7, 11) is 0.731. The van der Waals surface area contributed by atoms with Crippen LogP contribution in [0.4, 0.5) is 0 Å². The molecule has 0 aliphatic heterocycles. The number of rotatable bonds is 5. The Kier molecular flexibility index (Phi) is 4.45. The van der Waals surface area contributed by atoms with Crippen molar-refractivity contribution in [3.63, 3.8) is 0 Å². The normalized spacial score (nSPS) is 24.2. The van der Waals surface area contributed by atoms with Crippen LogP contribution in [0.5, 0.6) is 0 Å². The predicted octanol–water partition coefficient (Wildman–Crippen LogP) is 5.70. The highest BCUT2D eigenvalue weighted by Gasteiger charge is 2.53. The van der Waals surface area contributed by atoms with E-state index in [4.69, 9.17) is 4.43 Å². The van der Waals surface area contributed by atoms with Crippen molar-refractivity contribution in [1.82, 2.24) is 0 Å². The second kappa shape index (κ2) is 7.33. The molecule has 3 atom stereocenters. The molecule has 3 aliphatic rings. The molecule has 0 fully saturated rings. The van der Waals surface area contributed by atoms with Crippen LogP contribution in [0.25, 0.3) is 18.2 Å². The Morgan fingerprint density at radius 3 is 1.29 bits per heavy atom. The van der Waals surface area contributed by atoms with Gasteiger partial charge in [0, 0.05) is 29.8 Å². The topological polar surface area (TPSA) is 9.23 Å². The van der Waals surface area contributed by atoms with Gasteiger partial charge in [-0.3, -0.25) is 0 Å². The van der Waals surface area contributed by atoms with Crippen molar-refractivity contribution in [2.75, 3.05) is 6.61 Å². The highest BCUT2D eigenvalue weighted by molar-refractivity contribution is 5.98. The molecule has 2 heteroatoms. The molecule has 0 amide bonds. The number of allylic oxidation sites excluding steroid dienone is 3. The van der Waals surface area contributed by atoms with Crippen molar-refractivity contribution in [1.29, 1.82) is 0 Å². The molecule has 0 spiro atoms. The van der Waals surface area contributed by atoms with E-state index in [2.05, 4.69) is 109 Å². The lowest BCUT2D eigenvalue weighted by Crippen LogP contribution is -2.42. The number of hydrogen-bond donors (Lipinski definition) is 0. The molecule has 31 heavy (non-hydrogen) atoms. The van der Waals surface area contributed by atoms with Crippen molar-refractivity contribution in [2.24, 2.45) is 5.41 Å². The molecule has 0 heterocycles. The minimum absolute atomic E-state index is 0.128. The zero-order valence-electron chi connectivity index (χ0n) is 17.7. The number of benzene rings is 3. The smallest absolute Gasteiger partial charge is 0.145 e. The minimum atomic E-state index is -0.128. The van der Waals surface area contributed by atoms with Crippen molar-refractivity contribution >= 4 is 28.7 Å². The first-order valence-electron chi connectivity index (χ1n) is 11.1. The van der Waals surface area contributed by atoms with Gasteiger partial charge in [0.2, 0.25) is 0 Å². The summed E-state index contributed by atoms with van der Waals surface area (Å²) in [5, 5.41) is 0. The second-order valence-corrected chi connectivity index (χ2v) is 9.52. The van der Waals surface area contributed by atoms with Crippen LogP contribution in [0.3, 0.4) is 0 Å². The molecule has 6 rings (SSSR count). The van der Waals surface area contributed by atoms with Crippen molar-refractivity contribution < 1.29 is 4.43 Å². The maximum atomic E-state index is 6.23. The third-order valence-corrected chi connectivity index (χ3v) is 7.82. The summed E-state index contributed by atoms with van der Waals surface area (Å²) in [6.07, 6.45) is 14.3. The van der Waals surface area contributed by atoms with Gasteiger partial charge >= 0.3 is 0 Å². The van der Waals surface area contributed by atoms with Gasteiger partial charge in [0.05, 0.1) is 0 Å². The van der Waals surface area contributed by atoms with Gasteiger partial charge in [0.1, 0.15) is 10.5 Å². The summed E-state index contributed by atoms with van der Waals surface area (Å²) in [6, 6.07) is 26.7. The standard InChI is InChI=1S/C29H26OSi/c31-30-19-29(26-16-13-20-7-1-4-10-23(20)26,27-17-14-21-8-2-5-11-24(21)27)28-18-15-22-9-3-6-12-25(22)28/h1-18,26-28H,19H2,31H3. The first kappa shape index (κ1) is 18.8. The fourth-order valence-corrected chi connectivity index (χ4v) is 6.75. The van der Waals surface area contributed by atoms with E-state index in [0.717, 1.165) is 17.1 Å². The maximum absolute atomic E-state index is 6.23. The Morgan fingerprint density at radius 1 is 0.581 bits per heavy atom. The average molecular weight is 419 g/mol. The summed E-state index contributed by atoms with van der Waals surface area (Å²) in [6.45, 7) is 0.745. The predicted molar refractivity (Wildman–Crippen MR) is 133 cm³/mol. The van der Waals surface area contributed by atoms with Crippen LogP contribution < -0.4 is 0 Å².